The van der Waals surface area contributed by atoms with Gasteiger partial charge < -0.3 is 10.1 Å². The van der Waals surface area contributed by atoms with E-state index in [1.165, 1.54) is 17.7 Å². The van der Waals surface area contributed by atoms with E-state index in [9.17, 15) is 14.0 Å². The van der Waals surface area contributed by atoms with Crippen LogP contribution < -0.4 is 10.1 Å². The first-order valence-electron chi connectivity index (χ1n) is 11.3. The van der Waals surface area contributed by atoms with Gasteiger partial charge in [0.05, 0.1) is 5.56 Å². The molecule has 6 nitrogen and oxygen atoms in total. The van der Waals surface area contributed by atoms with Crippen LogP contribution in [0.25, 0.3) is 16.8 Å². The molecule has 178 valence electrons. The van der Waals surface area contributed by atoms with Crippen molar-refractivity contribution in [2.75, 3.05) is 6.54 Å². The van der Waals surface area contributed by atoms with Gasteiger partial charge in [-0.05, 0) is 68.3 Å². The molecule has 1 N–H and O–H groups in total. The predicted molar refractivity (Wildman–Crippen MR) is 133 cm³/mol. The molecule has 0 saturated heterocycles. The Bertz CT molecular complexity index is 1360. The number of hydrogen-bond acceptors (Lipinski definition) is 4. The number of carbonyl (C=O) groups is 2. The molecule has 0 atom stereocenters. The minimum atomic E-state index is -0.389. The number of nitrogens with zero attached hydrogens (tertiary/aromatic N) is 2. The number of ketones is 1. The van der Waals surface area contributed by atoms with Gasteiger partial charge >= 0.3 is 0 Å². The highest BCUT2D eigenvalue weighted by Gasteiger charge is 2.17. The number of benzene rings is 3. The Morgan fingerprint density at radius 3 is 2.34 bits per heavy atom. The molecule has 1 aromatic heterocycles. The van der Waals surface area contributed by atoms with E-state index in [0.29, 0.717) is 41.4 Å². The van der Waals surface area contributed by atoms with Crippen molar-refractivity contribution >= 4 is 11.7 Å². The lowest BCUT2D eigenvalue weighted by Crippen LogP contribution is -2.25. The largest absolute Gasteiger partial charge is 0.437 e. The van der Waals surface area contributed by atoms with Gasteiger partial charge in [-0.2, -0.15) is 0 Å². The number of amides is 1. The third kappa shape index (κ3) is 5.81. The maximum atomic E-state index is 14.6. The van der Waals surface area contributed by atoms with Gasteiger partial charge in [0, 0.05) is 24.7 Å². The average molecular weight is 472 g/mol. The van der Waals surface area contributed by atoms with Gasteiger partial charge in [-0.25, -0.2) is 9.07 Å². The van der Waals surface area contributed by atoms with Crippen LogP contribution in [0.5, 0.6) is 11.6 Å². The summed E-state index contributed by atoms with van der Waals surface area (Å²) in [7, 11) is 0. The van der Waals surface area contributed by atoms with Crippen molar-refractivity contribution in [1.29, 1.82) is 0 Å². The summed E-state index contributed by atoms with van der Waals surface area (Å²) < 4.78 is 22.1. The summed E-state index contributed by atoms with van der Waals surface area (Å²) >= 11 is 0. The van der Waals surface area contributed by atoms with Gasteiger partial charge in [-0.3, -0.25) is 9.59 Å². The quantitative estimate of drug-likeness (QED) is 0.353. The summed E-state index contributed by atoms with van der Waals surface area (Å²) in [5, 5.41) is 7.25. The van der Waals surface area contributed by atoms with Crippen molar-refractivity contribution in [3.8, 4) is 28.4 Å². The maximum absolute atomic E-state index is 14.6. The standard InChI is InChI=1S/C28H26FN3O3/c1-18-4-7-21(8-5-18)24-17-32(26-16-19(2)6-13-25(26)29)31-28(24)35-23-11-9-22(10-12-23)27(34)30-15-14-20(3)33/h4-13,16-17H,14-15H2,1-3H3,(H,30,34). The molecule has 0 aliphatic heterocycles. The number of carbonyl (C=O) groups excluding carboxylic acids is 2. The number of nitrogens with one attached hydrogen (secondary N) is 1. The van der Waals surface area contributed by atoms with Crippen molar-refractivity contribution in [2.24, 2.45) is 0 Å². The molecular weight excluding hydrogens is 445 g/mol. The van der Waals surface area contributed by atoms with E-state index in [4.69, 9.17) is 4.74 Å². The molecule has 7 heteroatoms. The molecule has 1 heterocycles. The molecule has 0 bridgehead atoms. The Kier molecular flexibility index (Phi) is 7.06. The SMILES string of the molecule is CC(=O)CCNC(=O)c1ccc(Oc2nn(-c3cc(C)ccc3F)cc2-c2ccc(C)cc2)cc1. The summed E-state index contributed by atoms with van der Waals surface area (Å²) in [5.41, 5.74) is 4.39. The maximum Gasteiger partial charge on any atom is 0.251 e. The number of Topliss-reactive ketones (excluding diaryl/α,β-unsaturated/α-hetero) is 1. The van der Waals surface area contributed by atoms with Gasteiger partial charge in [0.25, 0.3) is 5.91 Å². The number of halogens is 1. The minimum absolute atomic E-state index is 0.0170. The van der Waals surface area contributed by atoms with Crippen LogP contribution in [0.15, 0.2) is 72.9 Å². The third-order valence-electron chi connectivity index (χ3n) is 5.49. The zero-order chi connectivity index (χ0) is 24.9. The Morgan fingerprint density at radius 1 is 0.971 bits per heavy atom. The normalized spacial score (nSPS) is 10.7. The molecule has 0 radical (unpaired) electrons. The minimum Gasteiger partial charge on any atom is -0.437 e. The Hall–Kier alpha value is -4.26. The molecule has 3 aromatic carbocycles. The predicted octanol–water partition coefficient (Wildman–Crippen LogP) is 5.80. The Labute approximate surface area is 203 Å². The zero-order valence-corrected chi connectivity index (χ0v) is 19.8. The molecule has 35 heavy (non-hydrogen) atoms. The van der Waals surface area contributed by atoms with Crippen molar-refractivity contribution < 1.29 is 18.7 Å². The molecule has 0 unspecified atom stereocenters. The Morgan fingerprint density at radius 2 is 1.66 bits per heavy atom. The second-order valence-corrected chi connectivity index (χ2v) is 8.45. The highest BCUT2D eigenvalue weighted by atomic mass is 19.1. The molecule has 1 amide bonds. The second-order valence-electron chi connectivity index (χ2n) is 8.45. The zero-order valence-electron chi connectivity index (χ0n) is 19.8. The molecule has 0 aliphatic rings. The van der Waals surface area contributed by atoms with Crippen LogP contribution in [0.1, 0.15) is 34.8 Å². The van der Waals surface area contributed by atoms with Crippen molar-refractivity contribution in [2.45, 2.75) is 27.2 Å². The van der Waals surface area contributed by atoms with Crippen molar-refractivity contribution in [3.63, 3.8) is 0 Å². The monoisotopic (exact) mass is 471 g/mol. The van der Waals surface area contributed by atoms with Crippen LogP contribution in [-0.2, 0) is 4.79 Å². The lowest BCUT2D eigenvalue weighted by atomic mass is 10.1. The lowest BCUT2D eigenvalue weighted by molar-refractivity contribution is -0.116. The number of aromatic nitrogens is 2. The van der Waals surface area contributed by atoms with Crippen LogP contribution in [0.3, 0.4) is 0 Å². The molecule has 4 rings (SSSR count). The fraction of sp³-hybridized carbons (Fsp3) is 0.179. The molecule has 0 saturated carbocycles. The highest BCUT2D eigenvalue weighted by Crippen LogP contribution is 2.34. The molecule has 0 fully saturated rings. The van der Waals surface area contributed by atoms with Crippen LogP contribution in [0.4, 0.5) is 4.39 Å². The van der Waals surface area contributed by atoms with Crippen LogP contribution in [0.2, 0.25) is 0 Å². The van der Waals surface area contributed by atoms with E-state index in [2.05, 4.69) is 10.4 Å². The number of aryl methyl sites for hydroxylation is 2. The number of hydrogen-bond donors (Lipinski definition) is 1. The van der Waals surface area contributed by atoms with E-state index >= 15 is 0 Å². The molecular formula is C28H26FN3O3. The van der Waals surface area contributed by atoms with Gasteiger partial charge in [0.2, 0.25) is 5.88 Å². The summed E-state index contributed by atoms with van der Waals surface area (Å²) in [6.45, 7) is 5.67. The van der Waals surface area contributed by atoms with Crippen LogP contribution >= 0.6 is 0 Å². The summed E-state index contributed by atoms with van der Waals surface area (Å²) in [6.07, 6.45) is 2.04. The Balaban J connectivity index is 1.62. The topological polar surface area (TPSA) is 73.2 Å². The van der Waals surface area contributed by atoms with E-state index in [0.717, 1.165) is 16.7 Å². The fourth-order valence-corrected chi connectivity index (χ4v) is 3.53. The van der Waals surface area contributed by atoms with Crippen LogP contribution in [0, 0.1) is 19.7 Å². The van der Waals surface area contributed by atoms with E-state index in [-0.39, 0.29) is 17.5 Å². The highest BCUT2D eigenvalue weighted by molar-refractivity contribution is 5.94. The summed E-state index contributed by atoms with van der Waals surface area (Å²) in [4.78, 5) is 23.3. The van der Waals surface area contributed by atoms with Gasteiger partial charge in [-0.1, -0.05) is 35.9 Å². The number of rotatable bonds is 8. The van der Waals surface area contributed by atoms with Gasteiger partial charge in [0.15, 0.2) is 0 Å². The first-order valence-corrected chi connectivity index (χ1v) is 11.3. The third-order valence-corrected chi connectivity index (χ3v) is 5.49. The molecule has 0 spiro atoms. The fourth-order valence-electron chi connectivity index (χ4n) is 3.53. The van der Waals surface area contributed by atoms with E-state index in [1.807, 2.05) is 38.1 Å². The van der Waals surface area contributed by atoms with Gasteiger partial charge in [-0.15, -0.1) is 5.10 Å². The van der Waals surface area contributed by atoms with Crippen molar-refractivity contribution in [1.82, 2.24) is 15.1 Å². The molecule has 0 aliphatic carbocycles. The number of ether oxygens (including phenoxy) is 1. The average Bonchev–Trinajstić information content (AvgIpc) is 3.24. The second kappa shape index (κ2) is 10.3. The van der Waals surface area contributed by atoms with E-state index < -0.39 is 0 Å². The summed E-state index contributed by atoms with van der Waals surface area (Å²) in [5.74, 6) is 0.156. The van der Waals surface area contributed by atoms with E-state index in [1.54, 1.807) is 42.6 Å². The van der Waals surface area contributed by atoms with Crippen LogP contribution in [-0.4, -0.2) is 28.0 Å². The smallest absolute Gasteiger partial charge is 0.251 e. The lowest BCUT2D eigenvalue weighted by Gasteiger charge is -2.08. The first kappa shape index (κ1) is 23.9. The first-order chi connectivity index (χ1) is 16.8. The van der Waals surface area contributed by atoms with Crippen molar-refractivity contribution in [3.05, 3.63) is 95.4 Å². The van der Waals surface area contributed by atoms with Gasteiger partial charge in [0.1, 0.15) is 23.0 Å². The summed E-state index contributed by atoms with van der Waals surface area (Å²) in [6, 6.07) is 19.4. The molecule has 4 aromatic rings.